The number of ether oxygens (including phenoxy) is 2. The molecule has 0 aliphatic rings. The summed E-state index contributed by atoms with van der Waals surface area (Å²) in [6.45, 7) is 1.01. The van der Waals surface area contributed by atoms with Gasteiger partial charge >= 0.3 is 11.9 Å². The Balaban J connectivity index is 3.18. The van der Waals surface area contributed by atoms with Crippen molar-refractivity contribution in [3.05, 3.63) is 10.4 Å². The first-order valence-electron chi connectivity index (χ1n) is 5.62. The number of thiophene rings is 1. The number of nitrogen functional groups attached to an aromatic ring is 1. The van der Waals surface area contributed by atoms with E-state index in [0.29, 0.717) is 0 Å². The van der Waals surface area contributed by atoms with Crippen LogP contribution >= 0.6 is 11.3 Å². The highest BCUT2D eigenvalue weighted by molar-refractivity contribution is 7.19. The monoisotopic (exact) mass is 308 g/mol. The van der Waals surface area contributed by atoms with Crippen molar-refractivity contribution in [1.29, 1.82) is 0 Å². The molecule has 0 aliphatic carbocycles. The molecule has 0 unspecified atom stereocenters. The fraction of sp³-hybridized carbons (Fsp3) is 0.455. The maximum atomic E-state index is 12.2. The first kappa shape index (κ1) is 16.2. The third-order valence-corrected chi connectivity index (χ3v) is 3.36. The van der Waals surface area contributed by atoms with Gasteiger partial charge in [-0.2, -0.15) is 0 Å². The fourth-order valence-corrected chi connectivity index (χ4v) is 2.42. The summed E-state index contributed by atoms with van der Waals surface area (Å²) in [5.41, 5.74) is 5.43. The predicted octanol–water partition coefficient (Wildman–Crippen LogP) is 1.97. The second-order valence-electron chi connectivity index (χ2n) is 3.53. The van der Waals surface area contributed by atoms with Crippen molar-refractivity contribution >= 4 is 34.0 Å². The van der Waals surface area contributed by atoms with Crippen molar-refractivity contribution in [3.8, 4) is 0 Å². The van der Waals surface area contributed by atoms with Crippen LogP contribution < -0.4 is 11.1 Å². The molecule has 1 rings (SSSR count). The number of anilines is 2. The Morgan fingerprint density at radius 2 is 2.05 bits per heavy atom. The SMILES string of the molecule is CCOC(=O)c1c(NCC(F)F)sc(C(=O)OC)c1N. The van der Waals surface area contributed by atoms with E-state index in [9.17, 15) is 18.4 Å². The van der Waals surface area contributed by atoms with Crippen LogP contribution in [0.1, 0.15) is 27.0 Å². The van der Waals surface area contributed by atoms with Crippen LogP contribution in [0.5, 0.6) is 0 Å². The Morgan fingerprint density at radius 3 is 2.55 bits per heavy atom. The van der Waals surface area contributed by atoms with Gasteiger partial charge in [-0.15, -0.1) is 11.3 Å². The fourth-order valence-electron chi connectivity index (χ4n) is 1.39. The number of alkyl halides is 2. The molecule has 3 N–H and O–H groups in total. The number of rotatable bonds is 6. The topological polar surface area (TPSA) is 90.6 Å². The summed E-state index contributed by atoms with van der Waals surface area (Å²) < 4.78 is 33.8. The van der Waals surface area contributed by atoms with Crippen LogP contribution in [0.3, 0.4) is 0 Å². The number of esters is 2. The summed E-state index contributed by atoms with van der Waals surface area (Å²) in [5.74, 6) is -1.53. The summed E-state index contributed by atoms with van der Waals surface area (Å²) in [6, 6.07) is 0. The minimum atomic E-state index is -2.62. The van der Waals surface area contributed by atoms with Crippen molar-refractivity contribution in [2.24, 2.45) is 0 Å². The van der Waals surface area contributed by atoms with Gasteiger partial charge in [0.1, 0.15) is 15.4 Å². The number of carbonyl (C=O) groups is 2. The summed E-state index contributed by atoms with van der Waals surface area (Å²) in [4.78, 5) is 23.2. The van der Waals surface area contributed by atoms with Crippen LogP contribution in [0, 0.1) is 0 Å². The molecule has 0 radical (unpaired) electrons. The van der Waals surface area contributed by atoms with Crippen LogP contribution in [0.4, 0.5) is 19.5 Å². The molecule has 0 saturated heterocycles. The number of carbonyl (C=O) groups excluding carboxylic acids is 2. The molecule has 1 aromatic rings. The molecular formula is C11H14F2N2O4S. The summed E-state index contributed by atoms with van der Waals surface area (Å²) in [6.07, 6.45) is -2.62. The van der Waals surface area contributed by atoms with Crippen molar-refractivity contribution < 1.29 is 27.8 Å². The van der Waals surface area contributed by atoms with Crippen LogP contribution in [0.2, 0.25) is 0 Å². The van der Waals surface area contributed by atoms with Gasteiger partial charge in [-0.3, -0.25) is 0 Å². The molecule has 1 aromatic heterocycles. The molecule has 0 atom stereocenters. The third kappa shape index (κ3) is 3.56. The number of nitrogens with one attached hydrogen (secondary N) is 1. The molecule has 0 bridgehead atoms. The highest BCUT2D eigenvalue weighted by Crippen LogP contribution is 2.36. The van der Waals surface area contributed by atoms with E-state index < -0.39 is 24.9 Å². The summed E-state index contributed by atoms with van der Waals surface area (Å²) in [5, 5.41) is 2.43. The van der Waals surface area contributed by atoms with Crippen molar-refractivity contribution in [2.75, 3.05) is 31.3 Å². The molecule has 0 amide bonds. The first-order chi connectivity index (χ1) is 9.42. The van der Waals surface area contributed by atoms with E-state index in [0.717, 1.165) is 18.4 Å². The second-order valence-corrected chi connectivity index (χ2v) is 4.55. The van der Waals surface area contributed by atoms with E-state index in [-0.39, 0.29) is 27.7 Å². The second kappa shape index (κ2) is 7.04. The Labute approximate surface area is 117 Å². The Morgan fingerprint density at radius 1 is 1.40 bits per heavy atom. The van der Waals surface area contributed by atoms with Crippen LogP contribution in [-0.2, 0) is 9.47 Å². The number of methoxy groups -OCH3 is 1. The molecule has 6 nitrogen and oxygen atoms in total. The lowest BCUT2D eigenvalue weighted by atomic mass is 10.2. The van der Waals surface area contributed by atoms with Crippen molar-refractivity contribution in [2.45, 2.75) is 13.3 Å². The number of hydrogen-bond donors (Lipinski definition) is 2. The highest BCUT2D eigenvalue weighted by atomic mass is 32.1. The average molecular weight is 308 g/mol. The van der Waals surface area contributed by atoms with Gasteiger partial charge in [-0.25, -0.2) is 18.4 Å². The maximum Gasteiger partial charge on any atom is 0.350 e. The van der Waals surface area contributed by atoms with Crippen LogP contribution in [0.15, 0.2) is 0 Å². The standard InChI is InChI=1S/C11H14F2N2O4S/c1-3-19-10(16)6-7(14)8(11(17)18-2)20-9(6)15-4-5(12)13/h5,15H,3-4,14H2,1-2H3. The smallest absolute Gasteiger partial charge is 0.350 e. The molecule has 112 valence electrons. The van der Waals surface area contributed by atoms with Crippen molar-refractivity contribution in [1.82, 2.24) is 0 Å². The third-order valence-electron chi connectivity index (χ3n) is 2.21. The average Bonchev–Trinajstić information content (AvgIpc) is 2.72. The minimum Gasteiger partial charge on any atom is -0.465 e. The molecule has 0 aliphatic heterocycles. The van der Waals surface area contributed by atoms with E-state index in [2.05, 4.69) is 10.1 Å². The Hall–Kier alpha value is -1.90. The minimum absolute atomic E-state index is 0.0349. The quantitative estimate of drug-likeness (QED) is 0.781. The molecule has 0 saturated carbocycles. The van der Waals surface area contributed by atoms with E-state index >= 15 is 0 Å². The number of halogens is 2. The predicted molar refractivity (Wildman–Crippen MR) is 70.5 cm³/mol. The van der Waals surface area contributed by atoms with Gasteiger partial charge < -0.3 is 20.5 Å². The van der Waals surface area contributed by atoms with E-state index in [1.165, 1.54) is 0 Å². The van der Waals surface area contributed by atoms with Gasteiger partial charge in [0.15, 0.2) is 0 Å². The zero-order chi connectivity index (χ0) is 15.3. The normalized spacial score (nSPS) is 10.4. The molecule has 0 fully saturated rings. The van der Waals surface area contributed by atoms with Gasteiger partial charge in [-0.1, -0.05) is 0 Å². The zero-order valence-electron chi connectivity index (χ0n) is 10.9. The van der Waals surface area contributed by atoms with E-state index in [1.54, 1.807) is 6.92 Å². The highest BCUT2D eigenvalue weighted by Gasteiger charge is 2.27. The molecule has 20 heavy (non-hydrogen) atoms. The number of nitrogens with two attached hydrogens (primary N) is 1. The summed E-state index contributed by atoms with van der Waals surface area (Å²) in [7, 11) is 1.15. The van der Waals surface area contributed by atoms with Crippen LogP contribution in [0.25, 0.3) is 0 Å². The van der Waals surface area contributed by atoms with E-state index in [1.807, 2.05) is 0 Å². The molecule has 9 heteroatoms. The molecule has 0 aromatic carbocycles. The van der Waals surface area contributed by atoms with Gasteiger partial charge in [-0.05, 0) is 6.92 Å². The van der Waals surface area contributed by atoms with Crippen molar-refractivity contribution in [3.63, 3.8) is 0 Å². The first-order valence-corrected chi connectivity index (χ1v) is 6.43. The lowest BCUT2D eigenvalue weighted by Gasteiger charge is -2.06. The van der Waals surface area contributed by atoms with Gasteiger partial charge in [0.05, 0.1) is 25.9 Å². The van der Waals surface area contributed by atoms with Gasteiger partial charge in [0.25, 0.3) is 6.43 Å². The largest absolute Gasteiger partial charge is 0.465 e. The Kier molecular flexibility index (Phi) is 5.68. The lowest BCUT2D eigenvalue weighted by Crippen LogP contribution is -2.14. The number of hydrogen-bond acceptors (Lipinski definition) is 7. The maximum absolute atomic E-state index is 12.2. The van der Waals surface area contributed by atoms with Gasteiger partial charge in [0, 0.05) is 0 Å². The van der Waals surface area contributed by atoms with Crippen LogP contribution in [-0.4, -0.2) is 38.6 Å². The Bertz CT molecular complexity index is 505. The zero-order valence-corrected chi connectivity index (χ0v) is 11.7. The lowest BCUT2D eigenvalue weighted by molar-refractivity contribution is 0.0529. The molecular weight excluding hydrogens is 294 g/mol. The van der Waals surface area contributed by atoms with Gasteiger partial charge in [0.2, 0.25) is 0 Å². The van der Waals surface area contributed by atoms with E-state index in [4.69, 9.17) is 10.5 Å². The molecule has 0 spiro atoms. The summed E-state index contributed by atoms with van der Waals surface area (Å²) >= 11 is 0.770. The molecule has 1 heterocycles.